The molecule has 0 aliphatic heterocycles. The molecule has 0 aromatic heterocycles. The second-order valence-corrected chi connectivity index (χ2v) is 6.26. The van der Waals surface area contributed by atoms with Gasteiger partial charge < -0.3 is 4.74 Å². The van der Waals surface area contributed by atoms with Gasteiger partial charge in [-0.15, -0.1) is 0 Å². The molecular formula is C17H25O2. The first kappa shape index (κ1) is 14.4. The summed E-state index contributed by atoms with van der Waals surface area (Å²) in [6.07, 6.45) is 12.1. The quantitative estimate of drug-likeness (QED) is 0.715. The number of carbonyl (C=O) groups excluding carboxylic acids is 1. The van der Waals surface area contributed by atoms with Gasteiger partial charge in [0.25, 0.3) is 0 Å². The lowest BCUT2D eigenvalue weighted by Crippen LogP contribution is -2.36. The first-order valence-corrected chi connectivity index (χ1v) is 7.49. The van der Waals surface area contributed by atoms with Crippen LogP contribution in [0.5, 0.6) is 0 Å². The fourth-order valence-electron chi connectivity index (χ4n) is 3.12. The Bertz CT molecular complexity index is 379. The average molecular weight is 261 g/mol. The predicted molar refractivity (Wildman–Crippen MR) is 77.4 cm³/mol. The van der Waals surface area contributed by atoms with E-state index in [1.807, 2.05) is 24.6 Å². The third kappa shape index (κ3) is 3.71. The largest absolute Gasteiger partial charge is 0.458 e. The molecule has 2 heteroatoms. The van der Waals surface area contributed by atoms with E-state index >= 15 is 0 Å². The van der Waals surface area contributed by atoms with Gasteiger partial charge in [0, 0.05) is 0 Å². The van der Waals surface area contributed by atoms with E-state index in [9.17, 15) is 4.79 Å². The molecule has 0 saturated heterocycles. The van der Waals surface area contributed by atoms with Crippen molar-refractivity contribution in [3.05, 3.63) is 30.2 Å². The zero-order valence-corrected chi connectivity index (χ0v) is 12.3. The van der Waals surface area contributed by atoms with Crippen LogP contribution in [0, 0.1) is 24.2 Å². The summed E-state index contributed by atoms with van der Waals surface area (Å²) in [5.41, 5.74) is 0.711. The second kappa shape index (κ2) is 6.40. The van der Waals surface area contributed by atoms with Crippen molar-refractivity contribution >= 4 is 5.97 Å². The topological polar surface area (TPSA) is 26.3 Å². The molecule has 0 heterocycles. The van der Waals surface area contributed by atoms with Crippen molar-refractivity contribution < 1.29 is 9.53 Å². The van der Waals surface area contributed by atoms with E-state index in [0.29, 0.717) is 23.3 Å². The molecule has 0 N–H and O–H groups in total. The molecule has 3 atom stereocenters. The number of hydrogen-bond acceptors (Lipinski definition) is 2. The van der Waals surface area contributed by atoms with Gasteiger partial charge in [-0.25, -0.2) is 4.79 Å². The number of esters is 1. The lowest BCUT2D eigenvalue weighted by atomic mass is 9.75. The number of ether oxygens (including phenoxy) is 1. The first-order chi connectivity index (χ1) is 9.08. The number of hydrogen-bond donors (Lipinski definition) is 0. The predicted octanol–water partition coefficient (Wildman–Crippen LogP) is 4.08. The highest BCUT2D eigenvalue weighted by Crippen LogP contribution is 2.35. The van der Waals surface area contributed by atoms with Gasteiger partial charge in [-0.3, -0.25) is 0 Å². The SMILES string of the molecule is CC1CCC(C(C)C)C(OC(=O)C2=CC[CH]C=C2)C1. The highest BCUT2D eigenvalue weighted by atomic mass is 16.5. The fourth-order valence-corrected chi connectivity index (χ4v) is 3.12. The van der Waals surface area contributed by atoms with Gasteiger partial charge in [-0.05, 0) is 43.4 Å². The van der Waals surface area contributed by atoms with E-state index in [-0.39, 0.29) is 12.1 Å². The summed E-state index contributed by atoms with van der Waals surface area (Å²) in [4.78, 5) is 12.2. The van der Waals surface area contributed by atoms with Crippen molar-refractivity contribution in [3.63, 3.8) is 0 Å². The van der Waals surface area contributed by atoms with Crippen LogP contribution in [0.15, 0.2) is 23.8 Å². The van der Waals surface area contributed by atoms with Crippen LogP contribution in [-0.2, 0) is 9.53 Å². The molecule has 0 aromatic rings. The molecule has 0 aromatic carbocycles. The molecule has 2 nitrogen and oxygen atoms in total. The van der Waals surface area contributed by atoms with Crippen LogP contribution in [0.1, 0.15) is 46.5 Å². The Labute approximate surface area is 116 Å². The Kier molecular flexibility index (Phi) is 4.84. The monoisotopic (exact) mass is 261 g/mol. The standard InChI is InChI=1S/C17H25O2/c1-12(2)15-10-9-13(3)11-16(15)19-17(18)14-7-5-4-6-8-14/h4-5,7-8,12-13,15-16H,6,9-11H2,1-3H3. The molecule has 19 heavy (non-hydrogen) atoms. The molecule has 1 fully saturated rings. The van der Waals surface area contributed by atoms with Crippen LogP contribution < -0.4 is 0 Å². The third-order valence-corrected chi connectivity index (χ3v) is 4.34. The van der Waals surface area contributed by atoms with Gasteiger partial charge in [0.15, 0.2) is 0 Å². The Morgan fingerprint density at radius 2 is 2.16 bits per heavy atom. The average Bonchev–Trinajstić information content (AvgIpc) is 2.39. The molecular weight excluding hydrogens is 236 g/mol. The maximum absolute atomic E-state index is 12.2. The Balaban J connectivity index is 2.00. The molecule has 0 bridgehead atoms. The molecule has 2 aliphatic rings. The summed E-state index contributed by atoms with van der Waals surface area (Å²) in [7, 11) is 0. The molecule has 0 amide bonds. The minimum Gasteiger partial charge on any atom is -0.458 e. The molecule has 2 aliphatic carbocycles. The van der Waals surface area contributed by atoms with Gasteiger partial charge in [-0.2, -0.15) is 0 Å². The van der Waals surface area contributed by atoms with Crippen LogP contribution in [0.25, 0.3) is 0 Å². The minimum atomic E-state index is -0.144. The van der Waals surface area contributed by atoms with Gasteiger partial charge in [0.2, 0.25) is 0 Å². The third-order valence-electron chi connectivity index (χ3n) is 4.34. The maximum atomic E-state index is 12.2. The summed E-state index contributed by atoms with van der Waals surface area (Å²) < 4.78 is 5.80. The zero-order valence-electron chi connectivity index (χ0n) is 12.3. The summed E-state index contributed by atoms with van der Waals surface area (Å²) in [5, 5.41) is 0. The number of carbonyl (C=O) groups is 1. The van der Waals surface area contributed by atoms with E-state index in [1.165, 1.54) is 12.8 Å². The van der Waals surface area contributed by atoms with Crippen molar-refractivity contribution in [1.82, 2.24) is 0 Å². The van der Waals surface area contributed by atoms with E-state index in [4.69, 9.17) is 4.74 Å². The summed E-state index contributed by atoms with van der Waals surface area (Å²) in [6, 6.07) is 0. The van der Waals surface area contributed by atoms with E-state index in [0.717, 1.165) is 12.8 Å². The van der Waals surface area contributed by atoms with Crippen molar-refractivity contribution in [2.45, 2.75) is 52.6 Å². The van der Waals surface area contributed by atoms with E-state index < -0.39 is 0 Å². The summed E-state index contributed by atoms with van der Waals surface area (Å²) >= 11 is 0. The van der Waals surface area contributed by atoms with Gasteiger partial charge in [-0.1, -0.05) is 45.4 Å². The highest BCUT2D eigenvalue weighted by molar-refractivity contribution is 5.92. The van der Waals surface area contributed by atoms with Crippen molar-refractivity contribution in [2.24, 2.45) is 17.8 Å². The van der Waals surface area contributed by atoms with Crippen molar-refractivity contribution in [3.8, 4) is 0 Å². The van der Waals surface area contributed by atoms with Crippen LogP contribution in [-0.4, -0.2) is 12.1 Å². The van der Waals surface area contributed by atoms with Crippen molar-refractivity contribution in [2.75, 3.05) is 0 Å². The summed E-state index contributed by atoms with van der Waals surface area (Å²) in [5.74, 6) is 1.61. The normalized spacial score (nSPS) is 31.2. The fraction of sp³-hybridized carbons (Fsp3) is 0.647. The Morgan fingerprint density at radius 3 is 2.79 bits per heavy atom. The summed E-state index contributed by atoms with van der Waals surface area (Å²) in [6.45, 7) is 6.72. The molecule has 2 rings (SSSR count). The molecule has 1 saturated carbocycles. The smallest absolute Gasteiger partial charge is 0.338 e. The lowest BCUT2D eigenvalue weighted by Gasteiger charge is -2.36. The van der Waals surface area contributed by atoms with Crippen LogP contribution >= 0.6 is 0 Å². The minimum absolute atomic E-state index is 0.0939. The Morgan fingerprint density at radius 1 is 1.37 bits per heavy atom. The van der Waals surface area contributed by atoms with Gasteiger partial charge in [0.05, 0.1) is 5.57 Å². The van der Waals surface area contributed by atoms with Gasteiger partial charge in [0.1, 0.15) is 6.10 Å². The zero-order chi connectivity index (χ0) is 13.8. The molecule has 0 spiro atoms. The lowest BCUT2D eigenvalue weighted by molar-refractivity contribution is -0.150. The molecule has 105 valence electrons. The molecule has 1 radical (unpaired) electrons. The molecule has 3 unspecified atom stereocenters. The van der Waals surface area contributed by atoms with Gasteiger partial charge >= 0.3 is 5.97 Å². The van der Waals surface area contributed by atoms with Crippen LogP contribution in [0.4, 0.5) is 0 Å². The second-order valence-electron chi connectivity index (χ2n) is 6.26. The number of rotatable bonds is 3. The van der Waals surface area contributed by atoms with E-state index in [1.54, 1.807) is 0 Å². The van der Waals surface area contributed by atoms with E-state index in [2.05, 4.69) is 20.8 Å². The first-order valence-electron chi connectivity index (χ1n) is 7.49. The maximum Gasteiger partial charge on any atom is 0.338 e. The highest BCUT2D eigenvalue weighted by Gasteiger charge is 2.33. The van der Waals surface area contributed by atoms with Crippen LogP contribution in [0.2, 0.25) is 0 Å². The number of allylic oxidation sites excluding steroid dienone is 2. The Hall–Kier alpha value is -1.05. The van der Waals surface area contributed by atoms with Crippen molar-refractivity contribution in [1.29, 1.82) is 0 Å². The van der Waals surface area contributed by atoms with Crippen LogP contribution in [0.3, 0.4) is 0 Å².